The van der Waals surface area contributed by atoms with Crippen LogP contribution in [0.15, 0.2) is 47.6 Å². The molecule has 0 saturated heterocycles. The third-order valence-corrected chi connectivity index (χ3v) is 4.45. The lowest BCUT2D eigenvalue weighted by molar-refractivity contribution is -0.111. The highest BCUT2D eigenvalue weighted by atomic mass is 32.1. The Morgan fingerprint density at radius 1 is 1.22 bits per heavy atom. The van der Waals surface area contributed by atoms with E-state index in [4.69, 9.17) is 5.73 Å². The minimum atomic E-state index is -0.609. The third-order valence-electron chi connectivity index (χ3n) is 3.41. The van der Waals surface area contributed by atoms with E-state index in [1.807, 2.05) is 56.3 Å². The first-order valence-corrected chi connectivity index (χ1v) is 7.93. The first kappa shape index (κ1) is 15.2. The van der Waals surface area contributed by atoms with Gasteiger partial charge in [-0.3, -0.25) is 10.2 Å². The van der Waals surface area contributed by atoms with E-state index in [1.165, 1.54) is 11.3 Å². The Hall–Kier alpha value is -2.73. The van der Waals surface area contributed by atoms with Crippen molar-refractivity contribution in [3.8, 4) is 0 Å². The fourth-order valence-electron chi connectivity index (χ4n) is 2.15. The Kier molecular flexibility index (Phi) is 4.08. The summed E-state index contributed by atoms with van der Waals surface area (Å²) in [5.41, 5.74) is 12.3. The van der Waals surface area contributed by atoms with Gasteiger partial charge in [-0.15, -0.1) is 11.3 Å². The lowest BCUT2D eigenvalue weighted by Gasteiger charge is -2.07. The van der Waals surface area contributed by atoms with Crippen molar-refractivity contribution in [2.45, 2.75) is 13.8 Å². The van der Waals surface area contributed by atoms with Gasteiger partial charge in [-0.1, -0.05) is 24.3 Å². The van der Waals surface area contributed by atoms with Gasteiger partial charge in [0.15, 0.2) is 10.7 Å². The van der Waals surface area contributed by atoms with Gasteiger partial charge in [-0.05, 0) is 43.2 Å². The van der Waals surface area contributed by atoms with Crippen molar-refractivity contribution in [2.24, 2.45) is 10.8 Å². The highest BCUT2D eigenvalue weighted by Crippen LogP contribution is 2.22. The maximum Gasteiger partial charge on any atom is 0.272 e. The highest BCUT2D eigenvalue weighted by molar-refractivity contribution is 7.21. The molecule has 116 valence electrons. The highest BCUT2D eigenvalue weighted by Gasteiger charge is 2.16. The van der Waals surface area contributed by atoms with E-state index in [9.17, 15) is 4.79 Å². The summed E-state index contributed by atoms with van der Waals surface area (Å²) in [7, 11) is 0. The van der Waals surface area contributed by atoms with Gasteiger partial charge in [0.2, 0.25) is 0 Å². The number of nitrogens with one attached hydrogen (secondary N) is 1. The zero-order valence-electron chi connectivity index (χ0n) is 12.8. The number of carbonyl (C=O) groups is 1. The third kappa shape index (κ3) is 3.22. The molecule has 3 rings (SSSR count). The van der Waals surface area contributed by atoms with E-state index in [-0.39, 0.29) is 5.71 Å². The van der Waals surface area contributed by atoms with Crippen molar-refractivity contribution in [1.29, 1.82) is 0 Å². The number of hydrazone groups is 1. The molecular formula is C17H16N4OS. The second-order valence-corrected chi connectivity index (χ2v) is 6.27. The van der Waals surface area contributed by atoms with Crippen LogP contribution in [0.5, 0.6) is 0 Å². The standard InChI is InChI=1S/C17H16N4OS/c1-10-7-8-11(2)13(9-10)20-21-15(16(18)22)17-19-12-5-3-4-6-14(12)23-17/h3-9,20H,1-2H3,(H2,18,22)/b21-15-. The molecule has 1 aromatic heterocycles. The normalized spacial score (nSPS) is 11.7. The number of benzene rings is 2. The van der Waals surface area contributed by atoms with Crippen LogP contribution in [0.2, 0.25) is 0 Å². The number of nitrogens with two attached hydrogens (primary N) is 1. The second-order valence-electron chi connectivity index (χ2n) is 5.24. The quantitative estimate of drug-likeness (QED) is 0.571. The maximum absolute atomic E-state index is 11.8. The molecule has 0 unspecified atom stereocenters. The lowest BCUT2D eigenvalue weighted by Crippen LogP contribution is -2.25. The summed E-state index contributed by atoms with van der Waals surface area (Å²) in [5.74, 6) is -0.609. The minimum absolute atomic E-state index is 0.132. The van der Waals surface area contributed by atoms with Crippen LogP contribution >= 0.6 is 11.3 Å². The number of aryl methyl sites for hydroxylation is 2. The van der Waals surface area contributed by atoms with Crippen LogP contribution in [-0.2, 0) is 4.79 Å². The molecule has 0 radical (unpaired) electrons. The summed E-state index contributed by atoms with van der Waals surface area (Å²) in [4.78, 5) is 16.2. The predicted octanol–water partition coefficient (Wildman–Crippen LogP) is 3.21. The molecule has 0 aliphatic heterocycles. The predicted molar refractivity (Wildman–Crippen MR) is 94.9 cm³/mol. The number of thiazole rings is 1. The molecular weight excluding hydrogens is 308 g/mol. The average Bonchev–Trinajstić information content (AvgIpc) is 2.94. The van der Waals surface area contributed by atoms with Gasteiger partial charge in [0, 0.05) is 0 Å². The molecule has 5 nitrogen and oxygen atoms in total. The summed E-state index contributed by atoms with van der Waals surface area (Å²) in [6, 6.07) is 13.7. The molecule has 0 bridgehead atoms. The van der Waals surface area contributed by atoms with E-state index >= 15 is 0 Å². The molecule has 3 N–H and O–H groups in total. The number of hydrogen-bond acceptors (Lipinski definition) is 5. The van der Waals surface area contributed by atoms with Crippen molar-refractivity contribution in [1.82, 2.24) is 4.98 Å². The molecule has 0 spiro atoms. The number of carbonyl (C=O) groups excluding carboxylic acids is 1. The zero-order valence-corrected chi connectivity index (χ0v) is 13.6. The van der Waals surface area contributed by atoms with Crippen molar-refractivity contribution in [2.75, 3.05) is 5.43 Å². The Morgan fingerprint density at radius 2 is 2.00 bits per heavy atom. The molecule has 0 aliphatic carbocycles. The van der Waals surface area contributed by atoms with E-state index in [1.54, 1.807) is 0 Å². The molecule has 23 heavy (non-hydrogen) atoms. The van der Waals surface area contributed by atoms with Crippen LogP contribution in [0.1, 0.15) is 16.1 Å². The number of rotatable bonds is 4. The van der Waals surface area contributed by atoms with Crippen LogP contribution in [0.4, 0.5) is 5.69 Å². The largest absolute Gasteiger partial charge is 0.364 e. The fourth-order valence-corrected chi connectivity index (χ4v) is 3.11. The van der Waals surface area contributed by atoms with Gasteiger partial charge in [0.05, 0.1) is 15.9 Å². The number of amides is 1. The molecule has 3 aromatic rings. The van der Waals surface area contributed by atoms with Gasteiger partial charge in [0.1, 0.15) is 0 Å². The van der Waals surface area contributed by atoms with Crippen molar-refractivity contribution in [3.63, 3.8) is 0 Å². The number of para-hydroxylation sites is 1. The Balaban J connectivity index is 1.98. The number of fused-ring (bicyclic) bond motifs is 1. The Bertz CT molecular complexity index is 881. The summed E-state index contributed by atoms with van der Waals surface area (Å²) < 4.78 is 0.989. The van der Waals surface area contributed by atoms with E-state index in [2.05, 4.69) is 15.5 Å². The fraction of sp³-hybridized carbons (Fsp3) is 0.118. The monoisotopic (exact) mass is 324 g/mol. The number of primary amides is 1. The smallest absolute Gasteiger partial charge is 0.272 e. The van der Waals surface area contributed by atoms with Gasteiger partial charge >= 0.3 is 0 Å². The van der Waals surface area contributed by atoms with Gasteiger partial charge in [-0.2, -0.15) is 5.10 Å². The molecule has 0 aliphatic rings. The minimum Gasteiger partial charge on any atom is -0.364 e. The van der Waals surface area contributed by atoms with Crippen LogP contribution in [0.3, 0.4) is 0 Å². The van der Waals surface area contributed by atoms with Crippen LogP contribution < -0.4 is 11.2 Å². The Morgan fingerprint density at radius 3 is 2.74 bits per heavy atom. The van der Waals surface area contributed by atoms with Crippen LogP contribution in [-0.4, -0.2) is 16.6 Å². The summed E-state index contributed by atoms with van der Waals surface area (Å²) in [5, 5.41) is 4.71. The molecule has 1 amide bonds. The number of hydrogen-bond donors (Lipinski definition) is 2. The Labute approximate surface area is 137 Å². The number of aromatic nitrogens is 1. The van der Waals surface area contributed by atoms with Gasteiger partial charge < -0.3 is 5.73 Å². The van der Waals surface area contributed by atoms with E-state index in [0.717, 1.165) is 27.0 Å². The number of nitrogens with zero attached hydrogens (tertiary/aromatic N) is 2. The molecule has 6 heteroatoms. The molecule has 0 fully saturated rings. The molecule has 1 heterocycles. The second kappa shape index (κ2) is 6.18. The summed E-state index contributed by atoms with van der Waals surface area (Å²) >= 11 is 1.39. The van der Waals surface area contributed by atoms with Crippen LogP contribution in [0, 0.1) is 13.8 Å². The molecule has 0 saturated carbocycles. The van der Waals surface area contributed by atoms with Crippen molar-refractivity contribution < 1.29 is 4.79 Å². The number of anilines is 1. The molecule has 2 aromatic carbocycles. The SMILES string of the molecule is Cc1ccc(C)c(N/N=C(/C(N)=O)c2nc3ccccc3s2)c1. The molecule has 0 atom stereocenters. The summed E-state index contributed by atoms with van der Waals surface area (Å²) in [6.45, 7) is 3.97. The van der Waals surface area contributed by atoms with Gasteiger partial charge in [-0.25, -0.2) is 4.98 Å². The van der Waals surface area contributed by atoms with Gasteiger partial charge in [0.25, 0.3) is 5.91 Å². The first-order chi connectivity index (χ1) is 11.0. The van der Waals surface area contributed by atoms with Crippen molar-refractivity contribution in [3.05, 3.63) is 58.6 Å². The summed E-state index contributed by atoms with van der Waals surface area (Å²) in [6.07, 6.45) is 0. The average molecular weight is 324 g/mol. The van der Waals surface area contributed by atoms with Crippen LogP contribution in [0.25, 0.3) is 10.2 Å². The van der Waals surface area contributed by atoms with Crippen molar-refractivity contribution >= 4 is 38.9 Å². The maximum atomic E-state index is 11.8. The van der Waals surface area contributed by atoms with E-state index < -0.39 is 5.91 Å². The lowest BCUT2D eigenvalue weighted by atomic mass is 10.1. The van der Waals surface area contributed by atoms with E-state index in [0.29, 0.717) is 5.01 Å². The first-order valence-electron chi connectivity index (χ1n) is 7.11. The zero-order chi connectivity index (χ0) is 16.4. The topological polar surface area (TPSA) is 80.4 Å².